The second-order valence-corrected chi connectivity index (χ2v) is 6.96. The van der Waals surface area contributed by atoms with Crippen LogP contribution in [-0.4, -0.2) is 20.7 Å². The van der Waals surface area contributed by atoms with Gasteiger partial charge >= 0.3 is 0 Å². The number of halogens is 1. The lowest BCUT2D eigenvalue weighted by molar-refractivity contribution is 0.0950. The van der Waals surface area contributed by atoms with E-state index in [1.54, 1.807) is 22.2 Å². The van der Waals surface area contributed by atoms with Crippen LogP contribution in [0.1, 0.15) is 26.8 Å². The monoisotopic (exact) mass is 390 g/mol. The molecule has 0 saturated carbocycles. The highest BCUT2D eigenvalue weighted by Crippen LogP contribution is 2.17. The van der Waals surface area contributed by atoms with E-state index in [2.05, 4.69) is 31.3 Å². The van der Waals surface area contributed by atoms with Gasteiger partial charge in [-0.2, -0.15) is 5.10 Å². The summed E-state index contributed by atoms with van der Waals surface area (Å²) >= 11 is 4.95. The highest BCUT2D eigenvalue weighted by Gasteiger charge is 2.15. The Morgan fingerprint density at radius 2 is 2.04 bits per heavy atom. The maximum absolute atomic E-state index is 12.3. The van der Waals surface area contributed by atoms with Crippen molar-refractivity contribution in [2.75, 3.05) is 0 Å². The third kappa shape index (κ3) is 3.51. The molecule has 0 bridgehead atoms. The van der Waals surface area contributed by atoms with Crippen LogP contribution in [0.4, 0.5) is 0 Å². The standard InChI is InChI=1S/C16H15BrN4OS/c1-10-9-23-15(20-10)8-18-16(22)14-7-19-21(11(14)2)13-5-3-12(17)4-6-13/h3-7,9H,8H2,1-2H3,(H,18,22). The van der Waals surface area contributed by atoms with E-state index >= 15 is 0 Å². The van der Waals surface area contributed by atoms with Gasteiger partial charge in [-0.15, -0.1) is 11.3 Å². The normalized spacial score (nSPS) is 10.7. The van der Waals surface area contributed by atoms with Crippen molar-refractivity contribution in [2.24, 2.45) is 0 Å². The quantitative estimate of drug-likeness (QED) is 0.739. The molecule has 7 heteroatoms. The maximum atomic E-state index is 12.3. The van der Waals surface area contributed by atoms with Gasteiger partial charge in [-0.05, 0) is 38.1 Å². The Morgan fingerprint density at radius 3 is 2.70 bits per heavy atom. The van der Waals surface area contributed by atoms with Crippen molar-refractivity contribution in [1.82, 2.24) is 20.1 Å². The van der Waals surface area contributed by atoms with Crippen LogP contribution in [0.15, 0.2) is 40.3 Å². The van der Waals surface area contributed by atoms with Crippen LogP contribution >= 0.6 is 27.3 Å². The lowest BCUT2D eigenvalue weighted by Gasteiger charge is -2.06. The Hall–Kier alpha value is -1.99. The molecule has 1 N–H and O–H groups in total. The van der Waals surface area contributed by atoms with Crippen molar-refractivity contribution in [1.29, 1.82) is 0 Å². The lowest BCUT2D eigenvalue weighted by atomic mass is 10.2. The molecule has 23 heavy (non-hydrogen) atoms. The van der Waals surface area contributed by atoms with Gasteiger partial charge in [0.1, 0.15) is 5.01 Å². The van der Waals surface area contributed by atoms with Crippen molar-refractivity contribution < 1.29 is 4.79 Å². The molecule has 3 aromatic rings. The molecule has 1 amide bonds. The van der Waals surface area contributed by atoms with Crippen LogP contribution in [0.25, 0.3) is 5.69 Å². The summed E-state index contributed by atoms with van der Waals surface area (Å²) in [6.45, 7) is 4.26. The first-order chi connectivity index (χ1) is 11.0. The van der Waals surface area contributed by atoms with Crippen molar-refractivity contribution >= 4 is 33.2 Å². The molecular formula is C16H15BrN4OS. The van der Waals surface area contributed by atoms with E-state index in [0.29, 0.717) is 12.1 Å². The number of amides is 1. The van der Waals surface area contributed by atoms with Gasteiger partial charge in [-0.25, -0.2) is 9.67 Å². The zero-order chi connectivity index (χ0) is 16.4. The van der Waals surface area contributed by atoms with Crippen molar-refractivity contribution in [3.05, 3.63) is 62.3 Å². The van der Waals surface area contributed by atoms with Gasteiger partial charge in [0, 0.05) is 15.5 Å². The van der Waals surface area contributed by atoms with Gasteiger partial charge in [-0.3, -0.25) is 4.79 Å². The molecular weight excluding hydrogens is 376 g/mol. The topological polar surface area (TPSA) is 59.8 Å². The minimum Gasteiger partial charge on any atom is -0.345 e. The number of benzene rings is 1. The van der Waals surface area contributed by atoms with Crippen LogP contribution in [0, 0.1) is 13.8 Å². The molecule has 0 saturated heterocycles. The van der Waals surface area contributed by atoms with E-state index in [0.717, 1.165) is 26.6 Å². The third-order valence-electron chi connectivity index (χ3n) is 3.39. The van der Waals surface area contributed by atoms with Crippen LogP contribution in [-0.2, 0) is 6.54 Å². The number of nitrogens with zero attached hydrogens (tertiary/aromatic N) is 3. The Bertz CT molecular complexity index is 838. The molecule has 3 rings (SSSR count). The van der Waals surface area contributed by atoms with E-state index in [-0.39, 0.29) is 5.91 Å². The highest BCUT2D eigenvalue weighted by molar-refractivity contribution is 9.10. The summed E-state index contributed by atoms with van der Waals surface area (Å²) in [5.74, 6) is -0.140. The van der Waals surface area contributed by atoms with Gasteiger partial charge in [-0.1, -0.05) is 15.9 Å². The number of carbonyl (C=O) groups excluding carboxylic acids is 1. The van der Waals surface area contributed by atoms with E-state index < -0.39 is 0 Å². The fourth-order valence-corrected chi connectivity index (χ4v) is 3.19. The summed E-state index contributed by atoms with van der Waals surface area (Å²) in [5, 5.41) is 10.1. The van der Waals surface area contributed by atoms with Crippen molar-refractivity contribution in [3.8, 4) is 5.69 Å². The highest BCUT2D eigenvalue weighted by atomic mass is 79.9. The Morgan fingerprint density at radius 1 is 1.30 bits per heavy atom. The molecule has 2 heterocycles. The summed E-state index contributed by atoms with van der Waals surface area (Å²) in [5.41, 5.74) is 3.26. The first-order valence-corrected chi connectivity index (χ1v) is 8.71. The van der Waals surface area contributed by atoms with E-state index in [1.165, 1.54) is 0 Å². The first kappa shape index (κ1) is 15.9. The van der Waals surface area contributed by atoms with E-state index in [4.69, 9.17) is 0 Å². The first-order valence-electron chi connectivity index (χ1n) is 7.04. The van der Waals surface area contributed by atoms with Gasteiger partial charge in [0.25, 0.3) is 5.91 Å². The predicted molar refractivity (Wildman–Crippen MR) is 94.0 cm³/mol. The molecule has 0 radical (unpaired) electrons. The zero-order valence-corrected chi connectivity index (χ0v) is 15.1. The minimum absolute atomic E-state index is 0.140. The average Bonchev–Trinajstić information content (AvgIpc) is 3.12. The Kier molecular flexibility index (Phi) is 4.58. The summed E-state index contributed by atoms with van der Waals surface area (Å²) in [4.78, 5) is 16.7. The number of thiazole rings is 1. The van der Waals surface area contributed by atoms with Gasteiger partial charge in [0.15, 0.2) is 0 Å². The fraction of sp³-hybridized carbons (Fsp3) is 0.188. The fourth-order valence-electron chi connectivity index (χ4n) is 2.21. The second kappa shape index (κ2) is 6.64. The van der Waals surface area contributed by atoms with Gasteiger partial charge < -0.3 is 5.32 Å². The van der Waals surface area contributed by atoms with E-state index in [1.807, 2.05) is 43.5 Å². The second-order valence-electron chi connectivity index (χ2n) is 5.10. The summed E-state index contributed by atoms with van der Waals surface area (Å²) < 4.78 is 2.76. The summed E-state index contributed by atoms with van der Waals surface area (Å²) in [6, 6.07) is 7.79. The van der Waals surface area contributed by atoms with Crippen LogP contribution in [0.5, 0.6) is 0 Å². The molecule has 0 atom stereocenters. The molecule has 118 valence electrons. The van der Waals surface area contributed by atoms with Crippen LogP contribution in [0.2, 0.25) is 0 Å². The molecule has 0 aliphatic rings. The molecule has 0 unspecified atom stereocenters. The van der Waals surface area contributed by atoms with Crippen molar-refractivity contribution in [2.45, 2.75) is 20.4 Å². The van der Waals surface area contributed by atoms with Gasteiger partial charge in [0.2, 0.25) is 0 Å². The number of carbonyl (C=O) groups is 1. The molecule has 1 aromatic carbocycles. The maximum Gasteiger partial charge on any atom is 0.255 e. The molecule has 0 fully saturated rings. The Labute approximate surface area is 146 Å². The molecule has 0 aliphatic carbocycles. The average molecular weight is 391 g/mol. The number of rotatable bonds is 4. The number of hydrogen-bond donors (Lipinski definition) is 1. The SMILES string of the molecule is Cc1csc(CNC(=O)c2cnn(-c3ccc(Br)cc3)c2C)n1. The predicted octanol–water partition coefficient (Wildman–Crippen LogP) is 3.64. The largest absolute Gasteiger partial charge is 0.345 e. The van der Waals surface area contributed by atoms with Crippen LogP contribution < -0.4 is 5.32 Å². The lowest BCUT2D eigenvalue weighted by Crippen LogP contribution is -2.23. The molecule has 0 spiro atoms. The molecule has 0 aliphatic heterocycles. The van der Waals surface area contributed by atoms with Gasteiger partial charge in [0.05, 0.1) is 29.7 Å². The number of aromatic nitrogens is 3. The number of nitrogens with one attached hydrogen (secondary N) is 1. The number of hydrogen-bond acceptors (Lipinski definition) is 4. The smallest absolute Gasteiger partial charge is 0.255 e. The number of aryl methyl sites for hydroxylation is 1. The zero-order valence-electron chi connectivity index (χ0n) is 12.7. The third-order valence-corrected chi connectivity index (χ3v) is 4.89. The molecule has 5 nitrogen and oxygen atoms in total. The summed E-state index contributed by atoms with van der Waals surface area (Å²) in [6.07, 6.45) is 1.60. The van der Waals surface area contributed by atoms with Crippen LogP contribution in [0.3, 0.4) is 0 Å². The van der Waals surface area contributed by atoms with Crippen molar-refractivity contribution in [3.63, 3.8) is 0 Å². The summed E-state index contributed by atoms with van der Waals surface area (Å²) in [7, 11) is 0. The Balaban J connectivity index is 1.75. The van der Waals surface area contributed by atoms with E-state index in [9.17, 15) is 4.79 Å². The molecule has 2 aromatic heterocycles. The minimum atomic E-state index is -0.140.